The van der Waals surface area contributed by atoms with Crippen LogP contribution in [0.2, 0.25) is 10.0 Å². The number of pyridine rings is 2. The third kappa shape index (κ3) is 4.56. The fourth-order valence-corrected chi connectivity index (χ4v) is 4.32. The molecule has 0 fully saturated rings. The van der Waals surface area contributed by atoms with Crippen LogP contribution in [0.1, 0.15) is 32.7 Å². The zero-order valence-corrected chi connectivity index (χ0v) is 19.3. The summed E-state index contributed by atoms with van der Waals surface area (Å²) in [5, 5.41) is 6.21. The van der Waals surface area contributed by atoms with Crippen LogP contribution in [0.25, 0.3) is 21.8 Å². The molecule has 0 unspecified atom stereocenters. The van der Waals surface area contributed by atoms with E-state index in [9.17, 15) is 4.79 Å². The molecule has 1 amide bonds. The van der Waals surface area contributed by atoms with E-state index in [1.807, 2.05) is 49.4 Å². The molecule has 5 rings (SSSR count). The van der Waals surface area contributed by atoms with Crippen molar-refractivity contribution in [1.82, 2.24) is 20.3 Å². The first-order valence-electron chi connectivity index (χ1n) is 10.5. The van der Waals surface area contributed by atoms with Gasteiger partial charge in [-0.1, -0.05) is 29.3 Å². The van der Waals surface area contributed by atoms with Crippen LogP contribution in [0.15, 0.2) is 67.1 Å². The molecular formula is C26H20Cl2N4O. The molecule has 0 atom stereocenters. The summed E-state index contributed by atoms with van der Waals surface area (Å²) >= 11 is 12.3. The van der Waals surface area contributed by atoms with E-state index in [-0.39, 0.29) is 5.91 Å². The summed E-state index contributed by atoms with van der Waals surface area (Å²) in [5.41, 5.74) is 6.44. The molecule has 3 heterocycles. The molecule has 0 radical (unpaired) electrons. The second-order valence-corrected chi connectivity index (χ2v) is 8.88. The lowest BCUT2D eigenvalue weighted by atomic mass is 10.0. The summed E-state index contributed by atoms with van der Waals surface area (Å²) in [4.78, 5) is 24.8. The van der Waals surface area contributed by atoms with Crippen molar-refractivity contribution in [2.45, 2.75) is 19.9 Å². The van der Waals surface area contributed by atoms with Gasteiger partial charge in [-0.3, -0.25) is 14.8 Å². The first-order chi connectivity index (χ1) is 16.0. The molecule has 2 N–H and O–H groups in total. The lowest BCUT2D eigenvalue weighted by Gasteiger charge is -2.10. The largest absolute Gasteiger partial charge is 0.360 e. The fourth-order valence-electron chi connectivity index (χ4n) is 3.95. The van der Waals surface area contributed by atoms with Crippen LogP contribution in [-0.4, -0.2) is 20.9 Å². The summed E-state index contributed by atoms with van der Waals surface area (Å²) in [6.45, 7) is 2.44. The van der Waals surface area contributed by atoms with Gasteiger partial charge in [-0.2, -0.15) is 0 Å². The fraction of sp³-hybridized carbons (Fsp3) is 0.115. The summed E-state index contributed by atoms with van der Waals surface area (Å²) < 4.78 is 0. The van der Waals surface area contributed by atoms with Crippen molar-refractivity contribution in [3.63, 3.8) is 0 Å². The van der Waals surface area contributed by atoms with Gasteiger partial charge in [0.2, 0.25) is 0 Å². The Balaban J connectivity index is 1.31. The second-order valence-electron chi connectivity index (χ2n) is 8.04. The SMILES string of the molecule is Cc1cc2[nH]cc(Cl)c2cc1CNC(=O)c1ccnc(Cc2ccc3ncc(Cl)cc3c2)c1. The van der Waals surface area contributed by atoms with Gasteiger partial charge in [-0.15, -0.1) is 0 Å². The van der Waals surface area contributed by atoms with E-state index in [0.717, 1.165) is 44.2 Å². The number of halogens is 2. The van der Waals surface area contributed by atoms with Gasteiger partial charge in [-0.25, -0.2) is 0 Å². The van der Waals surface area contributed by atoms with E-state index in [0.29, 0.717) is 28.6 Å². The number of rotatable bonds is 5. The topological polar surface area (TPSA) is 70.7 Å². The Hall–Kier alpha value is -3.41. The van der Waals surface area contributed by atoms with Crippen LogP contribution in [0.5, 0.6) is 0 Å². The smallest absolute Gasteiger partial charge is 0.251 e. The molecular weight excluding hydrogens is 455 g/mol. The zero-order valence-electron chi connectivity index (χ0n) is 17.8. The Morgan fingerprint density at radius 3 is 2.82 bits per heavy atom. The molecule has 164 valence electrons. The van der Waals surface area contributed by atoms with Gasteiger partial charge in [0.25, 0.3) is 5.91 Å². The molecule has 2 aromatic carbocycles. The van der Waals surface area contributed by atoms with Crippen LogP contribution >= 0.6 is 23.2 Å². The Labute approximate surface area is 200 Å². The van der Waals surface area contributed by atoms with Crippen molar-refractivity contribution in [2.24, 2.45) is 0 Å². The molecule has 7 heteroatoms. The molecule has 0 aliphatic rings. The Bertz CT molecular complexity index is 1510. The number of aryl methyl sites for hydroxylation is 1. The number of nitrogens with one attached hydrogen (secondary N) is 2. The number of hydrogen-bond acceptors (Lipinski definition) is 3. The van der Waals surface area contributed by atoms with Gasteiger partial charge in [0, 0.05) is 59.1 Å². The average Bonchev–Trinajstić information content (AvgIpc) is 3.16. The number of carbonyl (C=O) groups excluding carboxylic acids is 1. The Kier molecular flexibility index (Phi) is 5.75. The summed E-state index contributed by atoms with van der Waals surface area (Å²) in [5.74, 6) is -0.146. The number of carbonyl (C=O) groups is 1. The summed E-state index contributed by atoms with van der Waals surface area (Å²) in [6.07, 6.45) is 5.68. The van der Waals surface area contributed by atoms with Crippen molar-refractivity contribution in [1.29, 1.82) is 0 Å². The highest BCUT2D eigenvalue weighted by Crippen LogP contribution is 2.26. The molecule has 0 saturated heterocycles. The minimum Gasteiger partial charge on any atom is -0.360 e. The lowest BCUT2D eigenvalue weighted by molar-refractivity contribution is 0.0950. The third-order valence-corrected chi connectivity index (χ3v) is 6.22. The molecule has 0 aliphatic heterocycles. The van der Waals surface area contributed by atoms with Crippen LogP contribution in [0, 0.1) is 6.92 Å². The van der Waals surface area contributed by atoms with Gasteiger partial charge in [-0.05, 0) is 66.1 Å². The first kappa shape index (κ1) is 21.4. The third-order valence-electron chi connectivity index (χ3n) is 5.70. The predicted octanol–water partition coefficient (Wildman–Crippen LogP) is 6.25. The van der Waals surface area contributed by atoms with Crippen LogP contribution < -0.4 is 5.32 Å². The number of hydrogen-bond donors (Lipinski definition) is 2. The summed E-state index contributed by atoms with van der Waals surface area (Å²) in [6, 6.07) is 15.5. The summed E-state index contributed by atoms with van der Waals surface area (Å²) in [7, 11) is 0. The number of H-pyrrole nitrogens is 1. The van der Waals surface area contributed by atoms with Crippen molar-refractivity contribution in [3.8, 4) is 0 Å². The number of fused-ring (bicyclic) bond motifs is 2. The quantitative estimate of drug-likeness (QED) is 0.316. The van der Waals surface area contributed by atoms with E-state index in [2.05, 4.69) is 20.3 Å². The molecule has 0 spiro atoms. The zero-order chi connectivity index (χ0) is 22.9. The molecule has 0 aliphatic carbocycles. The van der Waals surface area contributed by atoms with Gasteiger partial charge < -0.3 is 10.3 Å². The Morgan fingerprint density at radius 2 is 1.94 bits per heavy atom. The number of aromatic amines is 1. The van der Waals surface area contributed by atoms with Crippen LogP contribution in [0.4, 0.5) is 0 Å². The number of amides is 1. The maximum atomic E-state index is 12.8. The van der Waals surface area contributed by atoms with E-state index in [1.165, 1.54) is 0 Å². The second kappa shape index (κ2) is 8.85. The maximum absolute atomic E-state index is 12.8. The minimum absolute atomic E-state index is 0.146. The molecule has 33 heavy (non-hydrogen) atoms. The maximum Gasteiger partial charge on any atom is 0.251 e. The normalized spacial score (nSPS) is 11.2. The van der Waals surface area contributed by atoms with E-state index in [1.54, 1.807) is 24.7 Å². The van der Waals surface area contributed by atoms with Gasteiger partial charge in [0.15, 0.2) is 0 Å². The Morgan fingerprint density at radius 1 is 1.06 bits per heavy atom. The highest BCUT2D eigenvalue weighted by atomic mass is 35.5. The lowest BCUT2D eigenvalue weighted by Crippen LogP contribution is -2.23. The number of aromatic nitrogens is 3. The highest BCUT2D eigenvalue weighted by Gasteiger charge is 2.11. The van der Waals surface area contributed by atoms with Gasteiger partial charge in [0.05, 0.1) is 15.6 Å². The minimum atomic E-state index is -0.146. The molecule has 5 nitrogen and oxygen atoms in total. The van der Waals surface area contributed by atoms with E-state index < -0.39 is 0 Å². The van der Waals surface area contributed by atoms with Crippen molar-refractivity contribution in [3.05, 3.63) is 105 Å². The highest BCUT2D eigenvalue weighted by molar-refractivity contribution is 6.35. The number of nitrogens with zero attached hydrogens (tertiary/aromatic N) is 2. The monoisotopic (exact) mass is 474 g/mol. The number of benzene rings is 2. The first-order valence-corrected chi connectivity index (χ1v) is 11.3. The van der Waals surface area contributed by atoms with E-state index in [4.69, 9.17) is 23.2 Å². The van der Waals surface area contributed by atoms with E-state index >= 15 is 0 Å². The molecule has 0 saturated carbocycles. The molecule has 0 bridgehead atoms. The van der Waals surface area contributed by atoms with Gasteiger partial charge >= 0.3 is 0 Å². The van der Waals surface area contributed by atoms with Crippen LogP contribution in [-0.2, 0) is 13.0 Å². The van der Waals surface area contributed by atoms with Gasteiger partial charge in [0.1, 0.15) is 0 Å². The van der Waals surface area contributed by atoms with Crippen LogP contribution in [0.3, 0.4) is 0 Å². The van der Waals surface area contributed by atoms with Crippen molar-refractivity contribution in [2.75, 3.05) is 0 Å². The molecule has 3 aromatic heterocycles. The molecule has 5 aromatic rings. The van der Waals surface area contributed by atoms with Crippen molar-refractivity contribution < 1.29 is 4.79 Å². The predicted molar refractivity (Wildman–Crippen MR) is 133 cm³/mol. The standard InChI is InChI=1S/C26H20Cl2N4O/c1-15-6-25-22(23(28)14-31-25)11-19(15)12-32-26(33)17-4-5-29-21(10-17)8-16-2-3-24-18(7-16)9-20(27)13-30-24/h2-7,9-11,13-14,31H,8,12H2,1H3,(H,32,33). The average molecular weight is 475 g/mol. The van der Waals surface area contributed by atoms with Crippen molar-refractivity contribution >= 4 is 50.9 Å².